The van der Waals surface area contributed by atoms with Gasteiger partial charge in [0.05, 0.1) is 25.5 Å². The molecule has 0 saturated carbocycles. The highest BCUT2D eigenvalue weighted by Gasteiger charge is 2.23. The summed E-state index contributed by atoms with van der Waals surface area (Å²) in [5.74, 6) is 0.717. The molecule has 1 amide bonds. The van der Waals surface area contributed by atoms with Crippen molar-refractivity contribution in [1.82, 2.24) is 14.8 Å². The summed E-state index contributed by atoms with van der Waals surface area (Å²) in [6, 6.07) is 11.9. The molecule has 0 spiro atoms. The number of esters is 1. The van der Waals surface area contributed by atoms with Gasteiger partial charge in [-0.05, 0) is 56.0 Å². The average Bonchev–Trinajstić information content (AvgIpc) is 3.22. The Morgan fingerprint density at radius 2 is 1.82 bits per heavy atom. The lowest BCUT2D eigenvalue weighted by atomic mass is 10.2. The Kier molecular flexibility index (Phi) is 7.94. The third kappa shape index (κ3) is 5.46. The van der Waals surface area contributed by atoms with E-state index in [1.807, 2.05) is 17.7 Å². The van der Waals surface area contributed by atoms with Crippen molar-refractivity contribution in [3.05, 3.63) is 53.9 Å². The standard InChI is InChI=1S/C23H26N4O5S/c1-6-19(21(28)24-18-13-17(30-3)11-12-20(18)31-4)32-22(29)15-7-9-16(10-8-15)27-14(2)25-26-23(27)33-5/h7-13,19H,6H2,1-5H3,(H,24,28). The van der Waals surface area contributed by atoms with Gasteiger partial charge in [0.1, 0.15) is 17.3 Å². The number of amides is 1. The molecule has 3 rings (SSSR count). The second kappa shape index (κ2) is 10.9. The molecule has 9 nitrogen and oxygen atoms in total. The molecule has 2 aromatic carbocycles. The lowest BCUT2D eigenvalue weighted by molar-refractivity contribution is -0.124. The van der Waals surface area contributed by atoms with Gasteiger partial charge in [0, 0.05) is 11.8 Å². The lowest BCUT2D eigenvalue weighted by Crippen LogP contribution is -2.32. The Morgan fingerprint density at radius 1 is 1.09 bits per heavy atom. The van der Waals surface area contributed by atoms with E-state index >= 15 is 0 Å². The molecule has 33 heavy (non-hydrogen) atoms. The highest BCUT2D eigenvalue weighted by atomic mass is 32.2. The molecule has 3 aromatic rings. The molecule has 0 radical (unpaired) electrons. The number of thioether (sulfide) groups is 1. The lowest BCUT2D eigenvalue weighted by Gasteiger charge is -2.18. The summed E-state index contributed by atoms with van der Waals surface area (Å²) >= 11 is 1.48. The van der Waals surface area contributed by atoms with E-state index in [0.717, 1.165) is 16.7 Å². The molecular weight excluding hydrogens is 444 g/mol. The number of hydrogen-bond acceptors (Lipinski definition) is 8. The van der Waals surface area contributed by atoms with Crippen molar-refractivity contribution in [3.63, 3.8) is 0 Å². The first kappa shape index (κ1) is 24.1. The van der Waals surface area contributed by atoms with Crippen LogP contribution >= 0.6 is 11.8 Å². The van der Waals surface area contributed by atoms with Crippen molar-refractivity contribution < 1.29 is 23.8 Å². The Hall–Kier alpha value is -3.53. The number of aryl methyl sites for hydroxylation is 1. The Morgan fingerprint density at radius 3 is 2.42 bits per heavy atom. The maximum absolute atomic E-state index is 12.8. The normalized spacial score (nSPS) is 11.5. The minimum atomic E-state index is -0.976. The number of methoxy groups -OCH3 is 2. The van der Waals surface area contributed by atoms with E-state index in [1.165, 1.54) is 26.0 Å². The van der Waals surface area contributed by atoms with Crippen LogP contribution in [0.3, 0.4) is 0 Å². The number of benzene rings is 2. The maximum Gasteiger partial charge on any atom is 0.338 e. The highest BCUT2D eigenvalue weighted by Crippen LogP contribution is 2.29. The van der Waals surface area contributed by atoms with Gasteiger partial charge in [-0.25, -0.2) is 4.79 Å². The first-order valence-electron chi connectivity index (χ1n) is 10.2. The van der Waals surface area contributed by atoms with E-state index < -0.39 is 18.0 Å². The third-order valence-corrected chi connectivity index (χ3v) is 5.55. The molecule has 0 aliphatic carbocycles. The fourth-order valence-corrected chi connectivity index (χ4v) is 3.71. The number of rotatable bonds is 9. The third-order valence-electron chi connectivity index (χ3n) is 4.92. The van der Waals surface area contributed by atoms with Gasteiger partial charge in [0.2, 0.25) is 0 Å². The second-order valence-electron chi connectivity index (χ2n) is 6.97. The zero-order valence-corrected chi connectivity index (χ0v) is 19.9. The predicted octanol–water partition coefficient (Wildman–Crippen LogP) is 3.89. The summed E-state index contributed by atoms with van der Waals surface area (Å²) < 4.78 is 17.9. The van der Waals surface area contributed by atoms with Crippen molar-refractivity contribution >= 4 is 29.3 Å². The molecule has 10 heteroatoms. The quantitative estimate of drug-likeness (QED) is 0.371. The van der Waals surface area contributed by atoms with Gasteiger partial charge in [0.15, 0.2) is 11.3 Å². The van der Waals surface area contributed by atoms with E-state index in [9.17, 15) is 9.59 Å². The Bertz CT molecular complexity index is 1130. The first-order valence-corrected chi connectivity index (χ1v) is 11.4. The number of carbonyl (C=O) groups is 2. The molecular formula is C23H26N4O5S. The molecule has 1 N–H and O–H groups in total. The van der Waals surface area contributed by atoms with E-state index in [1.54, 1.807) is 49.4 Å². The minimum absolute atomic E-state index is 0.304. The first-order chi connectivity index (χ1) is 15.9. The van der Waals surface area contributed by atoms with Gasteiger partial charge in [-0.15, -0.1) is 10.2 Å². The summed E-state index contributed by atoms with van der Waals surface area (Å²) in [5.41, 5.74) is 1.59. The van der Waals surface area contributed by atoms with E-state index in [2.05, 4.69) is 15.5 Å². The molecule has 174 valence electrons. The molecule has 0 aliphatic rings. The van der Waals surface area contributed by atoms with Crippen molar-refractivity contribution in [2.45, 2.75) is 31.5 Å². The summed E-state index contributed by atoms with van der Waals surface area (Å²) in [4.78, 5) is 25.5. The smallest absolute Gasteiger partial charge is 0.338 e. The number of ether oxygens (including phenoxy) is 3. The van der Waals surface area contributed by atoms with E-state index in [0.29, 0.717) is 29.2 Å². The van der Waals surface area contributed by atoms with E-state index in [-0.39, 0.29) is 0 Å². The van der Waals surface area contributed by atoms with Crippen LogP contribution in [0.15, 0.2) is 47.6 Å². The predicted molar refractivity (Wildman–Crippen MR) is 126 cm³/mol. The molecule has 1 aromatic heterocycles. The minimum Gasteiger partial charge on any atom is -0.497 e. The summed E-state index contributed by atoms with van der Waals surface area (Å²) in [5, 5.41) is 11.7. The zero-order chi connectivity index (χ0) is 24.0. The van der Waals surface area contributed by atoms with Gasteiger partial charge in [0.25, 0.3) is 5.91 Å². The van der Waals surface area contributed by atoms with Crippen LogP contribution in [0.1, 0.15) is 29.5 Å². The SMILES string of the molecule is CCC(OC(=O)c1ccc(-n2c(C)nnc2SC)cc1)C(=O)Nc1cc(OC)ccc1OC. The number of carbonyl (C=O) groups excluding carboxylic acids is 2. The van der Waals surface area contributed by atoms with Crippen LogP contribution in [0.25, 0.3) is 5.69 Å². The van der Waals surface area contributed by atoms with Gasteiger partial charge in [-0.1, -0.05) is 18.7 Å². The number of hydrogen-bond donors (Lipinski definition) is 1. The largest absolute Gasteiger partial charge is 0.497 e. The van der Waals surface area contributed by atoms with E-state index in [4.69, 9.17) is 14.2 Å². The van der Waals surface area contributed by atoms with Crippen molar-refractivity contribution in [1.29, 1.82) is 0 Å². The molecule has 1 unspecified atom stereocenters. The fourth-order valence-electron chi connectivity index (χ4n) is 3.16. The average molecular weight is 471 g/mol. The van der Waals surface area contributed by atoms with Crippen LogP contribution < -0.4 is 14.8 Å². The molecule has 1 atom stereocenters. The highest BCUT2D eigenvalue weighted by molar-refractivity contribution is 7.98. The molecule has 0 fully saturated rings. The van der Waals surface area contributed by atoms with Crippen molar-refractivity contribution in [2.24, 2.45) is 0 Å². The molecule has 1 heterocycles. The van der Waals surface area contributed by atoms with Gasteiger partial charge < -0.3 is 19.5 Å². The summed E-state index contributed by atoms with van der Waals surface area (Å²) in [7, 11) is 3.03. The van der Waals surface area contributed by atoms with Gasteiger partial charge in [-0.3, -0.25) is 9.36 Å². The van der Waals surface area contributed by atoms with Gasteiger partial charge in [-0.2, -0.15) is 0 Å². The number of nitrogens with one attached hydrogen (secondary N) is 1. The Balaban J connectivity index is 1.72. The number of anilines is 1. The topological polar surface area (TPSA) is 105 Å². The van der Waals surface area contributed by atoms with Crippen LogP contribution in [0.4, 0.5) is 5.69 Å². The van der Waals surface area contributed by atoms with Crippen LogP contribution in [0, 0.1) is 6.92 Å². The molecule has 0 aliphatic heterocycles. The molecule has 0 saturated heterocycles. The van der Waals surface area contributed by atoms with Crippen LogP contribution in [0.5, 0.6) is 11.5 Å². The molecule has 0 bridgehead atoms. The van der Waals surface area contributed by atoms with Crippen LogP contribution in [0.2, 0.25) is 0 Å². The number of aromatic nitrogens is 3. The van der Waals surface area contributed by atoms with Crippen molar-refractivity contribution in [2.75, 3.05) is 25.8 Å². The van der Waals surface area contributed by atoms with Gasteiger partial charge >= 0.3 is 5.97 Å². The second-order valence-corrected chi connectivity index (χ2v) is 7.75. The zero-order valence-electron chi connectivity index (χ0n) is 19.1. The number of nitrogens with zero attached hydrogens (tertiary/aromatic N) is 3. The van der Waals surface area contributed by atoms with Crippen LogP contribution in [-0.4, -0.2) is 53.2 Å². The monoisotopic (exact) mass is 470 g/mol. The summed E-state index contributed by atoms with van der Waals surface area (Å²) in [6.07, 6.45) is 1.25. The summed E-state index contributed by atoms with van der Waals surface area (Å²) in [6.45, 7) is 3.62. The Labute approximate surface area is 196 Å². The fraction of sp³-hybridized carbons (Fsp3) is 0.304. The maximum atomic E-state index is 12.8. The van der Waals surface area contributed by atoms with Crippen molar-refractivity contribution in [3.8, 4) is 17.2 Å². The van der Waals surface area contributed by atoms with Crippen LogP contribution in [-0.2, 0) is 9.53 Å².